The topological polar surface area (TPSA) is 62.5 Å². The number of hydrogen-bond donors (Lipinski definition) is 2. The number of fused-ring (bicyclic) bond motifs is 1. The minimum atomic E-state index is -0.848. The molecule has 1 fully saturated rings. The van der Waals surface area contributed by atoms with E-state index in [1.165, 1.54) is 12.1 Å². The Balaban J connectivity index is 1.89. The molecule has 3 rings (SSSR count). The molecule has 2 aromatic rings. The second-order valence-corrected chi connectivity index (χ2v) is 4.52. The number of carboxylic acid groups (broad SMARTS) is 1. The maximum atomic E-state index is 13.1. The van der Waals surface area contributed by atoms with Gasteiger partial charge in [0.1, 0.15) is 23.2 Å². The van der Waals surface area contributed by atoms with Crippen molar-refractivity contribution in [1.29, 1.82) is 0 Å². The lowest BCUT2D eigenvalue weighted by molar-refractivity contribution is -0.139. The van der Waals surface area contributed by atoms with E-state index in [9.17, 15) is 9.18 Å². The van der Waals surface area contributed by atoms with Gasteiger partial charge in [0.15, 0.2) is 0 Å². The molecular formula is C13H12FNO3. The zero-order valence-corrected chi connectivity index (χ0v) is 9.52. The summed E-state index contributed by atoms with van der Waals surface area (Å²) in [5.41, 5.74) is 0.618. The number of furan rings is 1. The lowest BCUT2D eigenvalue weighted by atomic mass is 10.1. The summed E-state index contributed by atoms with van der Waals surface area (Å²) in [5.74, 6) is -0.489. The lowest BCUT2D eigenvalue weighted by Gasteiger charge is -2.08. The first-order chi connectivity index (χ1) is 8.63. The number of aliphatic carboxylic acids is 1. The number of carbonyl (C=O) groups is 1. The fourth-order valence-corrected chi connectivity index (χ4v) is 2.37. The number of hydrogen-bond acceptors (Lipinski definition) is 3. The van der Waals surface area contributed by atoms with Gasteiger partial charge in [-0.2, -0.15) is 0 Å². The Morgan fingerprint density at radius 1 is 1.39 bits per heavy atom. The van der Waals surface area contributed by atoms with Gasteiger partial charge in [0, 0.05) is 5.39 Å². The number of halogens is 1. The van der Waals surface area contributed by atoms with Crippen molar-refractivity contribution in [2.45, 2.75) is 24.9 Å². The molecule has 0 aliphatic carbocycles. The minimum absolute atomic E-state index is 0.110. The molecule has 2 atom stereocenters. The first-order valence-electron chi connectivity index (χ1n) is 5.81. The van der Waals surface area contributed by atoms with Crippen LogP contribution in [0.1, 0.15) is 24.6 Å². The zero-order chi connectivity index (χ0) is 12.7. The highest BCUT2D eigenvalue weighted by Gasteiger charge is 2.31. The van der Waals surface area contributed by atoms with Crippen molar-refractivity contribution >= 4 is 16.9 Å². The molecule has 0 amide bonds. The van der Waals surface area contributed by atoms with E-state index < -0.39 is 12.0 Å². The maximum absolute atomic E-state index is 13.1. The third-order valence-corrected chi connectivity index (χ3v) is 3.29. The van der Waals surface area contributed by atoms with E-state index in [0.29, 0.717) is 29.6 Å². The average molecular weight is 249 g/mol. The minimum Gasteiger partial charge on any atom is -0.480 e. The molecule has 1 aromatic carbocycles. The molecule has 1 saturated heterocycles. The van der Waals surface area contributed by atoms with Crippen LogP contribution in [-0.4, -0.2) is 17.1 Å². The van der Waals surface area contributed by atoms with Crippen molar-refractivity contribution < 1.29 is 18.7 Å². The molecular weight excluding hydrogens is 237 g/mol. The van der Waals surface area contributed by atoms with Crippen LogP contribution in [0.2, 0.25) is 0 Å². The number of carboxylic acids is 1. The Morgan fingerprint density at radius 2 is 2.22 bits per heavy atom. The van der Waals surface area contributed by atoms with Crippen molar-refractivity contribution in [2.75, 3.05) is 0 Å². The van der Waals surface area contributed by atoms with Crippen LogP contribution in [0.4, 0.5) is 4.39 Å². The van der Waals surface area contributed by atoms with E-state index in [-0.39, 0.29) is 11.9 Å². The van der Waals surface area contributed by atoms with Crippen molar-refractivity contribution in [3.8, 4) is 0 Å². The van der Waals surface area contributed by atoms with E-state index in [1.54, 1.807) is 12.1 Å². The first-order valence-corrected chi connectivity index (χ1v) is 5.81. The van der Waals surface area contributed by atoms with Crippen LogP contribution in [0.25, 0.3) is 11.0 Å². The third-order valence-electron chi connectivity index (χ3n) is 3.29. The van der Waals surface area contributed by atoms with Gasteiger partial charge in [-0.25, -0.2) is 4.39 Å². The van der Waals surface area contributed by atoms with Crippen LogP contribution in [0.5, 0.6) is 0 Å². The van der Waals surface area contributed by atoms with Gasteiger partial charge >= 0.3 is 5.97 Å². The molecule has 0 saturated carbocycles. The van der Waals surface area contributed by atoms with Gasteiger partial charge in [0.25, 0.3) is 0 Å². The first kappa shape index (κ1) is 11.2. The summed E-state index contributed by atoms with van der Waals surface area (Å²) in [6.07, 6.45) is 1.28. The Kier molecular flexibility index (Phi) is 2.56. The Hall–Kier alpha value is -1.88. The van der Waals surface area contributed by atoms with E-state index >= 15 is 0 Å². The maximum Gasteiger partial charge on any atom is 0.320 e. The average Bonchev–Trinajstić information content (AvgIpc) is 2.93. The second kappa shape index (κ2) is 4.10. The fourth-order valence-electron chi connectivity index (χ4n) is 2.37. The molecule has 1 aliphatic heterocycles. The van der Waals surface area contributed by atoms with Gasteiger partial charge in [0.2, 0.25) is 0 Å². The molecule has 5 heteroatoms. The lowest BCUT2D eigenvalue weighted by Crippen LogP contribution is -2.31. The summed E-state index contributed by atoms with van der Waals surface area (Å²) in [7, 11) is 0. The van der Waals surface area contributed by atoms with Crippen LogP contribution >= 0.6 is 0 Å². The third kappa shape index (κ3) is 1.86. The monoisotopic (exact) mass is 249 g/mol. The van der Waals surface area contributed by atoms with Gasteiger partial charge in [-0.15, -0.1) is 0 Å². The van der Waals surface area contributed by atoms with Crippen molar-refractivity contribution in [2.24, 2.45) is 0 Å². The van der Waals surface area contributed by atoms with Gasteiger partial charge in [0.05, 0.1) is 6.04 Å². The van der Waals surface area contributed by atoms with E-state index in [0.717, 1.165) is 0 Å². The number of rotatable bonds is 2. The molecule has 2 heterocycles. The second-order valence-electron chi connectivity index (χ2n) is 4.52. The quantitative estimate of drug-likeness (QED) is 0.858. The fraction of sp³-hybridized carbons (Fsp3) is 0.308. The standard InChI is InChI=1S/C13H12FNO3/c14-8-1-4-11-7(5-8)6-12(18-11)9-2-3-10(15-9)13(16)17/h1,4-6,9-10,15H,2-3H2,(H,16,17). The van der Waals surface area contributed by atoms with E-state index in [4.69, 9.17) is 9.52 Å². The summed E-state index contributed by atoms with van der Waals surface area (Å²) in [5, 5.41) is 12.6. The Labute approximate surface area is 102 Å². The summed E-state index contributed by atoms with van der Waals surface area (Å²) in [6, 6.07) is 5.46. The van der Waals surface area contributed by atoms with E-state index in [1.807, 2.05) is 0 Å². The predicted octanol–water partition coefficient (Wildman–Crippen LogP) is 2.45. The highest BCUT2D eigenvalue weighted by atomic mass is 19.1. The molecule has 94 valence electrons. The smallest absolute Gasteiger partial charge is 0.320 e. The number of nitrogens with one attached hydrogen (secondary N) is 1. The number of benzene rings is 1. The normalized spacial score (nSPS) is 23.6. The van der Waals surface area contributed by atoms with Gasteiger partial charge in [-0.1, -0.05) is 0 Å². The molecule has 18 heavy (non-hydrogen) atoms. The van der Waals surface area contributed by atoms with Gasteiger partial charge in [-0.05, 0) is 37.1 Å². The summed E-state index contributed by atoms with van der Waals surface area (Å²) in [4.78, 5) is 10.9. The van der Waals surface area contributed by atoms with Crippen LogP contribution in [0.15, 0.2) is 28.7 Å². The molecule has 2 unspecified atom stereocenters. The SMILES string of the molecule is O=C(O)C1CCC(c2cc3cc(F)ccc3o2)N1. The predicted molar refractivity (Wildman–Crippen MR) is 62.7 cm³/mol. The summed E-state index contributed by atoms with van der Waals surface area (Å²) >= 11 is 0. The molecule has 4 nitrogen and oxygen atoms in total. The van der Waals surface area contributed by atoms with Crippen LogP contribution < -0.4 is 5.32 Å². The van der Waals surface area contributed by atoms with Crippen LogP contribution in [0.3, 0.4) is 0 Å². The van der Waals surface area contributed by atoms with E-state index in [2.05, 4.69) is 5.32 Å². The Bertz CT molecular complexity index is 607. The molecule has 1 aromatic heterocycles. The zero-order valence-electron chi connectivity index (χ0n) is 9.52. The summed E-state index contributed by atoms with van der Waals surface area (Å²) < 4.78 is 18.7. The molecule has 0 radical (unpaired) electrons. The van der Waals surface area contributed by atoms with Gasteiger partial charge < -0.3 is 9.52 Å². The van der Waals surface area contributed by atoms with Crippen LogP contribution in [-0.2, 0) is 4.79 Å². The summed E-state index contributed by atoms with van der Waals surface area (Å²) in [6.45, 7) is 0. The van der Waals surface area contributed by atoms with Crippen molar-refractivity contribution in [3.63, 3.8) is 0 Å². The molecule has 1 aliphatic rings. The Morgan fingerprint density at radius 3 is 2.94 bits per heavy atom. The van der Waals surface area contributed by atoms with Crippen molar-refractivity contribution in [3.05, 3.63) is 35.8 Å². The largest absolute Gasteiger partial charge is 0.480 e. The molecule has 0 spiro atoms. The highest BCUT2D eigenvalue weighted by Crippen LogP contribution is 2.31. The van der Waals surface area contributed by atoms with Crippen LogP contribution in [0, 0.1) is 5.82 Å². The molecule has 0 bridgehead atoms. The van der Waals surface area contributed by atoms with Gasteiger partial charge in [-0.3, -0.25) is 10.1 Å². The molecule has 2 N–H and O–H groups in total. The van der Waals surface area contributed by atoms with Crippen molar-refractivity contribution in [1.82, 2.24) is 5.32 Å². The highest BCUT2D eigenvalue weighted by molar-refractivity contribution is 5.78.